The highest BCUT2D eigenvalue weighted by atomic mass is 32.1. The summed E-state index contributed by atoms with van der Waals surface area (Å²) in [5.41, 5.74) is 1.87. The fourth-order valence-electron chi connectivity index (χ4n) is 3.39. The lowest BCUT2D eigenvalue weighted by atomic mass is 10.1. The summed E-state index contributed by atoms with van der Waals surface area (Å²) in [5.74, 6) is -0.812. The minimum atomic E-state index is -0.414. The van der Waals surface area contributed by atoms with Crippen LogP contribution in [0.4, 0.5) is 15.1 Å². The first-order chi connectivity index (χ1) is 13.9. The van der Waals surface area contributed by atoms with Crippen molar-refractivity contribution in [2.45, 2.75) is 20.8 Å². The molecule has 8 heteroatoms. The molecule has 1 aliphatic heterocycles. The second-order valence-electron chi connectivity index (χ2n) is 6.97. The van der Waals surface area contributed by atoms with Gasteiger partial charge in [-0.25, -0.2) is 9.18 Å². The zero-order valence-electron chi connectivity index (χ0n) is 17.0. The number of hydrogen-bond donors (Lipinski definition) is 1. The normalized spacial score (nSPS) is 14.7. The summed E-state index contributed by atoms with van der Waals surface area (Å²) in [7, 11) is 0. The zero-order valence-corrected chi connectivity index (χ0v) is 17.8. The van der Waals surface area contributed by atoms with Gasteiger partial charge >= 0.3 is 5.97 Å². The van der Waals surface area contributed by atoms with Crippen LogP contribution in [0.15, 0.2) is 24.3 Å². The Balaban J connectivity index is 1.58. The van der Waals surface area contributed by atoms with E-state index in [1.54, 1.807) is 19.1 Å². The highest BCUT2D eigenvalue weighted by Gasteiger charge is 2.24. The molecule has 1 saturated heterocycles. The van der Waals surface area contributed by atoms with Crippen LogP contribution in [-0.2, 0) is 9.53 Å². The first-order valence-corrected chi connectivity index (χ1v) is 10.5. The van der Waals surface area contributed by atoms with Crippen molar-refractivity contribution in [1.82, 2.24) is 4.90 Å². The molecule has 0 radical (unpaired) electrons. The van der Waals surface area contributed by atoms with Gasteiger partial charge in [-0.15, -0.1) is 11.3 Å². The Morgan fingerprint density at radius 3 is 2.52 bits per heavy atom. The molecule has 156 valence electrons. The Labute approximate surface area is 174 Å². The van der Waals surface area contributed by atoms with E-state index in [1.165, 1.54) is 17.4 Å². The molecule has 1 fully saturated rings. The number of aryl methyl sites for hydroxylation is 1. The zero-order chi connectivity index (χ0) is 21.0. The highest BCUT2D eigenvalue weighted by molar-refractivity contribution is 7.16. The molecule has 0 atom stereocenters. The number of benzene rings is 1. The highest BCUT2D eigenvalue weighted by Crippen LogP contribution is 2.33. The number of amides is 1. The summed E-state index contributed by atoms with van der Waals surface area (Å²) in [5, 5.41) is 3.41. The van der Waals surface area contributed by atoms with E-state index in [2.05, 4.69) is 5.32 Å². The van der Waals surface area contributed by atoms with Crippen molar-refractivity contribution in [2.24, 2.45) is 0 Å². The molecule has 1 aliphatic rings. The van der Waals surface area contributed by atoms with Crippen LogP contribution in [0, 0.1) is 19.7 Å². The summed E-state index contributed by atoms with van der Waals surface area (Å²) in [4.78, 5) is 29.8. The molecular weight excluding hydrogens is 393 g/mol. The van der Waals surface area contributed by atoms with E-state index in [0.29, 0.717) is 42.4 Å². The third kappa shape index (κ3) is 4.94. The number of carbonyl (C=O) groups is 2. The first kappa shape index (κ1) is 21.3. The number of esters is 1. The maximum Gasteiger partial charge on any atom is 0.341 e. The minimum Gasteiger partial charge on any atom is -0.462 e. The number of para-hydroxylation sites is 1. The van der Waals surface area contributed by atoms with Crippen molar-refractivity contribution in [1.29, 1.82) is 0 Å². The van der Waals surface area contributed by atoms with Crippen molar-refractivity contribution in [3.8, 4) is 0 Å². The molecule has 6 nitrogen and oxygen atoms in total. The van der Waals surface area contributed by atoms with Gasteiger partial charge in [0.15, 0.2) is 0 Å². The molecule has 0 saturated carbocycles. The number of carbonyl (C=O) groups excluding carboxylic acids is 2. The van der Waals surface area contributed by atoms with E-state index in [-0.39, 0.29) is 24.9 Å². The fraction of sp³-hybridized carbons (Fsp3) is 0.429. The Morgan fingerprint density at radius 1 is 1.17 bits per heavy atom. The second-order valence-corrected chi connectivity index (χ2v) is 8.20. The summed E-state index contributed by atoms with van der Waals surface area (Å²) < 4.78 is 19.1. The largest absolute Gasteiger partial charge is 0.462 e. The summed E-state index contributed by atoms with van der Waals surface area (Å²) in [6.07, 6.45) is 0. The van der Waals surface area contributed by atoms with E-state index < -0.39 is 5.97 Å². The van der Waals surface area contributed by atoms with Crippen molar-refractivity contribution in [3.63, 3.8) is 0 Å². The molecular formula is C21H26FN3O3S. The lowest BCUT2D eigenvalue weighted by molar-refractivity contribution is -0.117. The van der Waals surface area contributed by atoms with Crippen LogP contribution in [0.3, 0.4) is 0 Å². The molecule has 1 N–H and O–H groups in total. The van der Waals surface area contributed by atoms with E-state index in [0.717, 1.165) is 10.4 Å². The van der Waals surface area contributed by atoms with Gasteiger partial charge < -0.3 is 15.0 Å². The molecule has 2 aromatic rings. The van der Waals surface area contributed by atoms with Crippen molar-refractivity contribution in [3.05, 3.63) is 46.1 Å². The quantitative estimate of drug-likeness (QED) is 0.727. The van der Waals surface area contributed by atoms with Gasteiger partial charge in [0.05, 0.1) is 24.4 Å². The van der Waals surface area contributed by atoms with E-state index in [4.69, 9.17) is 4.74 Å². The number of nitrogens with one attached hydrogen (secondary N) is 1. The number of hydrogen-bond acceptors (Lipinski definition) is 6. The van der Waals surface area contributed by atoms with Gasteiger partial charge in [-0.05, 0) is 38.5 Å². The predicted molar refractivity (Wildman–Crippen MR) is 113 cm³/mol. The lowest BCUT2D eigenvalue weighted by Crippen LogP contribution is -2.48. The predicted octanol–water partition coefficient (Wildman–Crippen LogP) is 3.44. The first-order valence-electron chi connectivity index (χ1n) is 9.69. The second kappa shape index (κ2) is 9.37. The SMILES string of the molecule is CCOC(=O)c1c(NC(=O)CN2CCN(c3ccccc3F)CC2)sc(C)c1C. The molecule has 0 aliphatic carbocycles. The van der Waals surface area contributed by atoms with Crippen LogP contribution in [0.25, 0.3) is 0 Å². The molecule has 0 spiro atoms. The van der Waals surface area contributed by atoms with Crippen LogP contribution in [0.5, 0.6) is 0 Å². The van der Waals surface area contributed by atoms with Gasteiger partial charge in [-0.3, -0.25) is 9.69 Å². The molecule has 0 unspecified atom stereocenters. The molecule has 2 heterocycles. The van der Waals surface area contributed by atoms with Gasteiger partial charge in [0.25, 0.3) is 0 Å². The summed E-state index contributed by atoms with van der Waals surface area (Å²) >= 11 is 1.38. The number of anilines is 2. The minimum absolute atomic E-state index is 0.170. The lowest BCUT2D eigenvalue weighted by Gasteiger charge is -2.35. The van der Waals surface area contributed by atoms with Gasteiger partial charge in [0, 0.05) is 31.1 Å². The molecule has 29 heavy (non-hydrogen) atoms. The Morgan fingerprint density at radius 2 is 1.86 bits per heavy atom. The van der Waals surface area contributed by atoms with Crippen molar-refractivity contribution >= 4 is 33.9 Å². The molecule has 1 aromatic carbocycles. The Kier molecular flexibility index (Phi) is 6.87. The number of ether oxygens (including phenoxy) is 1. The van der Waals surface area contributed by atoms with E-state index in [1.807, 2.05) is 29.7 Å². The molecule has 1 aromatic heterocycles. The van der Waals surface area contributed by atoms with Gasteiger partial charge in [0.2, 0.25) is 5.91 Å². The molecule has 1 amide bonds. The maximum atomic E-state index is 14.0. The van der Waals surface area contributed by atoms with Crippen LogP contribution in [0.1, 0.15) is 27.7 Å². The maximum absolute atomic E-state index is 14.0. The topological polar surface area (TPSA) is 61.9 Å². The smallest absolute Gasteiger partial charge is 0.341 e. The Bertz CT molecular complexity index is 891. The van der Waals surface area contributed by atoms with Crippen LogP contribution >= 0.6 is 11.3 Å². The number of nitrogens with zero attached hydrogens (tertiary/aromatic N) is 2. The third-order valence-corrected chi connectivity index (χ3v) is 6.17. The summed E-state index contributed by atoms with van der Waals surface area (Å²) in [6, 6.07) is 6.74. The van der Waals surface area contributed by atoms with Crippen LogP contribution in [0.2, 0.25) is 0 Å². The van der Waals surface area contributed by atoms with Crippen LogP contribution in [-0.4, -0.2) is 56.1 Å². The third-order valence-electron chi connectivity index (χ3n) is 5.05. The van der Waals surface area contributed by atoms with E-state index >= 15 is 0 Å². The Hall–Kier alpha value is -2.45. The van der Waals surface area contributed by atoms with Gasteiger partial charge in [-0.2, -0.15) is 0 Å². The standard InChI is InChI=1S/C21H26FN3O3S/c1-4-28-21(27)19-14(2)15(3)29-20(19)23-18(26)13-24-9-11-25(12-10-24)17-8-6-5-7-16(17)22/h5-8H,4,9-13H2,1-3H3,(H,23,26). The molecule has 0 bridgehead atoms. The van der Waals surface area contributed by atoms with E-state index in [9.17, 15) is 14.0 Å². The number of halogens is 1. The number of piperazine rings is 1. The molecule has 3 rings (SSSR count). The van der Waals surface area contributed by atoms with Crippen molar-refractivity contribution < 1.29 is 18.7 Å². The summed E-state index contributed by atoms with van der Waals surface area (Å²) in [6.45, 7) is 8.67. The van der Waals surface area contributed by atoms with Gasteiger partial charge in [-0.1, -0.05) is 12.1 Å². The van der Waals surface area contributed by atoms with Crippen LogP contribution < -0.4 is 10.2 Å². The number of thiophene rings is 1. The van der Waals surface area contributed by atoms with Crippen molar-refractivity contribution in [2.75, 3.05) is 49.5 Å². The average Bonchev–Trinajstić information content (AvgIpc) is 2.96. The monoisotopic (exact) mass is 419 g/mol. The fourth-order valence-corrected chi connectivity index (χ4v) is 4.45. The van der Waals surface area contributed by atoms with Gasteiger partial charge in [0.1, 0.15) is 10.8 Å². The number of rotatable bonds is 6. The average molecular weight is 420 g/mol.